The number of carbonyl (C=O) groups is 1. The second-order valence-electron chi connectivity index (χ2n) is 5.42. The molecule has 0 bridgehead atoms. The molecule has 1 fully saturated rings. The fourth-order valence-corrected chi connectivity index (χ4v) is 2.81. The molecule has 1 saturated heterocycles. The lowest BCUT2D eigenvalue weighted by atomic mass is 9.90. The van der Waals surface area contributed by atoms with Crippen molar-refractivity contribution in [3.63, 3.8) is 0 Å². The molecule has 3 nitrogen and oxygen atoms in total. The number of unbranched alkanes of at least 4 members (excludes halogenated alkanes) is 1. The fraction of sp³-hybridized carbons (Fsp3) is 0.562. The van der Waals surface area contributed by atoms with Gasteiger partial charge in [-0.05, 0) is 56.0 Å². The Morgan fingerprint density at radius 3 is 2.74 bits per heavy atom. The van der Waals surface area contributed by atoms with E-state index in [0.717, 1.165) is 6.54 Å². The van der Waals surface area contributed by atoms with E-state index < -0.39 is 5.97 Å². The highest BCUT2D eigenvalue weighted by Crippen LogP contribution is 2.27. The molecule has 1 N–H and O–H groups in total. The predicted molar refractivity (Wildman–Crippen MR) is 76.7 cm³/mol. The molecule has 1 aliphatic heterocycles. The molecule has 0 spiro atoms. The Hall–Kier alpha value is -1.35. The minimum atomic E-state index is -0.847. The Balaban J connectivity index is 1.98. The highest BCUT2D eigenvalue weighted by Gasteiger charge is 2.20. The van der Waals surface area contributed by atoms with E-state index in [0.29, 0.717) is 11.5 Å². The minimum Gasteiger partial charge on any atom is -0.478 e. The molecule has 0 aromatic heterocycles. The number of carboxylic acids is 1. The summed E-state index contributed by atoms with van der Waals surface area (Å²) in [6.45, 7) is 5.75. The van der Waals surface area contributed by atoms with Crippen LogP contribution in [0.15, 0.2) is 24.3 Å². The Morgan fingerprint density at radius 1 is 1.37 bits per heavy atom. The molecule has 2 rings (SSSR count). The first-order chi connectivity index (χ1) is 9.20. The van der Waals surface area contributed by atoms with Crippen LogP contribution in [-0.2, 0) is 0 Å². The van der Waals surface area contributed by atoms with Gasteiger partial charge in [-0.2, -0.15) is 0 Å². The number of hydrogen-bond acceptors (Lipinski definition) is 2. The third-order valence-corrected chi connectivity index (χ3v) is 3.96. The van der Waals surface area contributed by atoms with Crippen LogP contribution in [0.5, 0.6) is 0 Å². The Morgan fingerprint density at radius 2 is 2.11 bits per heavy atom. The summed E-state index contributed by atoms with van der Waals surface area (Å²) in [4.78, 5) is 13.4. The van der Waals surface area contributed by atoms with E-state index in [1.807, 2.05) is 12.1 Å². The van der Waals surface area contributed by atoms with Crippen LogP contribution in [0.1, 0.15) is 54.4 Å². The molecule has 0 aliphatic carbocycles. The van der Waals surface area contributed by atoms with Crippen molar-refractivity contribution in [2.45, 2.75) is 38.5 Å². The number of piperidine rings is 1. The smallest absolute Gasteiger partial charge is 0.335 e. The zero-order chi connectivity index (χ0) is 13.7. The maximum Gasteiger partial charge on any atom is 0.335 e. The lowest BCUT2D eigenvalue weighted by Gasteiger charge is -2.33. The second kappa shape index (κ2) is 6.71. The van der Waals surface area contributed by atoms with Crippen LogP contribution in [0.4, 0.5) is 0 Å². The Bertz CT molecular complexity index is 413. The SMILES string of the molecule is CCCCN1CCCC(c2ccc(C(=O)O)cc2)C1. The number of likely N-dealkylation sites (tertiary alicyclic amines) is 1. The molecule has 1 heterocycles. The topological polar surface area (TPSA) is 40.5 Å². The molecule has 1 aromatic carbocycles. The highest BCUT2D eigenvalue weighted by molar-refractivity contribution is 5.87. The molecule has 19 heavy (non-hydrogen) atoms. The van der Waals surface area contributed by atoms with Gasteiger partial charge in [-0.3, -0.25) is 0 Å². The number of carboxylic acid groups (broad SMARTS) is 1. The van der Waals surface area contributed by atoms with Gasteiger partial charge in [0.1, 0.15) is 0 Å². The average Bonchev–Trinajstić information content (AvgIpc) is 2.45. The standard InChI is InChI=1S/C16H23NO2/c1-2-3-10-17-11-4-5-15(12-17)13-6-8-14(9-7-13)16(18)19/h6-9,15H,2-5,10-12H2,1H3,(H,18,19). The largest absolute Gasteiger partial charge is 0.478 e. The van der Waals surface area contributed by atoms with Crippen LogP contribution >= 0.6 is 0 Å². The van der Waals surface area contributed by atoms with Gasteiger partial charge in [0.15, 0.2) is 0 Å². The number of hydrogen-bond donors (Lipinski definition) is 1. The highest BCUT2D eigenvalue weighted by atomic mass is 16.4. The van der Waals surface area contributed by atoms with Crippen LogP contribution in [0.3, 0.4) is 0 Å². The molecular formula is C16H23NO2. The van der Waals surface area contributed by atoms with Crippen molar-refractivity contribution in [1.82, 2.24) is 4.90 Å². The summed E-state index contributed by atoms with van der Waals surface area (Å²) in [7, 11) is 0. The molecule has 1 aromatic rings. The van der Waals surface area contributed by atoms with Crippen molar-refractivity contribution in [2.24, 2.45) is 0 Å². The van der Waals surface area contributed by atoms with E-state index in [1.54, 1.807) is 12.1 Å². The summed E-state index contributed by atoms with van der Waals surface area (Å²) in [6, 6.07) is 7.42. The summed E-state index contributed by atoms with van der Waals surface area (Å²) >= 11 is 0. The van der Waals surface area contributed by atoms with Crippen molar-refractivity contribution < 1.29 is 9.90 Å². The van der Waals surface area contributed by atoms with Gasteiger partial charge < -0.3 is 10.0 Å². The van der Waals surface area contributed by atoms with Crippen LogP contribution in [-0.4, -0.2) is 35.6 Å². The van der Waals surface area contributed by atoms with Crippen molar-refractivity contribution in [1.29, 1.82) is 0 Å². The van der Waals surface area contributed by atoms with Crippen LogP contribution in [0.25, 0.3) is 0 Å². The molecule has 3 heteroatoms. The van der Waals surface area contributed by atoms with E-state index in [9.17, 15) is 4.79 Å². The van der Waals surface area contributed by atoms with E-state index in [4.69, 9.17) is 5.11 Å². The monoisotopic (exact) mass is 261 g/mol. The van der Waals surface area contributed by atoms with E-state index in [2.05, 4.69) is 11.8 Å². The molecular weight excluding hydrogens is 238 g/mol. The zero-order valence-electron chi connectivity index (χ0n) is 11.6. The number of benzene rings is 1. The van der Waals surface area contributed by atoms with Crippen LogP contribution in [0, 0.1) is 0 Å². The van der Waals surface area contributed by atoms with Crippen LogP contribution < -0.4 is 0 Å². The summed E-state index contributed by atoms with van der Waals surface area (Å²) in [5.41, 5.74) is 1.66. The van der Waals surface area contributed by atoms with Crippen molar-refractivity contribution >= 4 is 5.97 Å². The second-order valence-corrected chi connectivity index (χ2v) is 5.42. The summed E-state index contributed by atoms with van der Waals surface area (Å²) in [5.74, 6) is -0.284. The summed E-state index contributed by atoms with van der Waals surface area (Å²) < 4.78 is 0. The van der Waals surface area contributed by atoms with E-state index in [-0.39, 0.29) is 0 Å². The van der Waals surface area contributed by atoms with Crippen molar-refractivity contribution in [3.8, 4) is 0 Å². The third-order valence-electron chi connectivity index (χ3n) is 3.96. The van der Waals surface area contributed by atoms with Gasteiger partial charge in [0.25, 0.3) is 0 Å². The number of aromatic carboxylic acids is 1. The van der Waals surface area contributed by atoms with Gasteiger partial charge >= 0.3 is 5.97 Å². The predicted octanol–water partition coefficient (Wildman–Crippen LogP) is 3.36. The van der Waals surface area contributed by atoms with Gasteiger partial charge in [0, 0.05) is 6.54 Å². The molecule has 104 valence electrons. The third kappa shape index (κ3) is 3.80. The van der Waals surface area contributed by atoms with Gasteiger partial charge in [-0.1, -0.05) is 25.5 Å². The number of rotatable bonds is 5. The maximum atomic E-state index is 10.9. The van der Waals surface area contributed by atoms with Gasteiger partial charge in [0.05, 0.1) is 5.56 Å². The number of nitrogens with zero attached hydrogens (tertiary/aromatic N) is 1. The molecule has 0 radical (unpaired) electrons. The average molecular weight is 261 g/mol. The van der Waals surface area contributed by atoms with E-state index >= 15 is 0 Å². The first kappa shape index (κ1) is 14.1. The van der Waals surface area contributed by atoms with E-state index in [1.165, 1.54) is 44.3 Å². The lowest BCUT2D eigenvalue weighted by Crippen LogP contribution is -2.35. The van der Waals surface area contributed by atoms with Gasteiger partial charge in [-0.25, -0.2) is 4.79 Å². The first-order valence-corrected chi connectivity index (χ1v) is 7.26. The first-order valence-electron chi connectivity index (χ1n) is 7.26. The maximum absolute atomic E-state index is 10.9. The molecule has 0 saturated carbocycles. The fourth-order valence-electron chi connectivity index (χ4n) is 2.81. The Kier molecular flexibility index (Phi) is 4.97. The van der Waals surface area contributed by atoms with Crippen molar-refractivity contribution in [3.05, 3.63) is 35.4 Å². The molecule has 1 atom stereocenters. The molecule has 1 unspecified atom stereocenters. The summed E-state index contributed by atoms with van der Waals surface area (Å²) in [5, 5.41) is 8.92. The lowest BCUT2D eigenvalue weighted by molar-refractivity contribution is 0.0697. The van der Waals surface area contributed by atoms with Gasteiger partial charge in [-0.15, -0.1) is 0 Å². The molecule has 0 amide bonds. The quantitative estimate of drug-likeness (QED) is 0.883. The Labute approximate surface area is 115 Å². The van der Waals surface area contributed by atoms with Crippen molar-refractivity contribution in [2.75, 3.05) is 19.6 Å². The summed E-state index contributed by atoms with van der Waals surface area (Å²) in [6.07, 6.45) is 4.98. The van der Waals surface area contributed by atoms with Gasteiger partial charge in [0.2, 0.25) is 0 Å². The zero-order valence-corrected chi connectivity index (χ0v) is 11.6. The minimum absolute atomic E-state index is 0.377. The normalized spacial score (nSPS) is 20.4. The molecule has 1 aliphatic rings. The van der Waals surface area contributed by atoms with Crippen LogP contribution in [0.2, 0.25) is 0 Å².